The highest BCUT2D eigenvalue weighted by Crippen LogP contribution is 2.39. The van der Waals surface area contributed by atoms with Crippen molar-refractivity contribution in [2.75, 3.05) is 13.2 Å². The van der Waals surface area contributed by atoms with Crippen LogP contribution in [0.15, 0.2) is 66.7 Å². The maximum atomic E-state index is 15.0. The standard InChI is InChI=1S/C34H28F8O3/c1-2-3-4-5-19-17-43-33(44-18-19)23-14-27(36)31(28(37)15-23)34(41,42)45-24-10-11-25(26(35)16-24)21-8-6-20(7-9-21)22-12-29(38)32(40)30(39)13-22/h6-16,19,33H,2-5,17-18H2,1H3. The predicted octanol–water partition coefficient (Wildman–Crippen LogP) is 10.2. The molecule has 45 heavy (non-hydrogen) atoms. The summed E-state index contributed by atoms with van der Waals surface area (Å²) in [6, 6.07) is 11.4. The topological polar surface area (TPSA) is 27.7 Å². The van der Waals surface area contributed by atoms with Crippen LogP contribution in [0.2, 0.25) is 0 Å². The van der Waals surface area contributed by atoms with Crippen molar-refractivity contribution >= 4 is 0 Å². The summed E-state index contributed by atoms with van der Waals surface area (Å²) >= 11 is 0. The van der Waals surface area contributed by atoms with Gasteiger partial charge in [-0.15, -0.1) is 0 Å². The van der Waals surface area contributed by atoms with Gasteiger partial charge in [0.05, 0.1) is 13.2 Å². The Bertz CT molecular complexity index is 1600. The third-order valence-corrected chi connectivity index (χ3v) is 7.51. The van der Waals surface area contributed by atoms with Gasteiger partial charge in [0.15, 0.2) is 23.7 Å². The molecule has 0 aromatic heterocycles. The van der Waals surface area contributed by atoms with Crippen molar-refractivity contribution in [1.29, 1.82) is 0 Å². The quantitative estimate of drug-likeness (QED) is 0.0985. The number of unbranched alkanes of at least 4 members (excludes halogenated alkanes) is 2. The van der Waals surface area contributed by atoms with Crippen LogP contribution in [-0.4, -0.2) is 13.2 Å². The molecule has 0 radical (unpaired) electrons. The minimum atomic E-state index is -4.51. The zero-order valence-corrected chi connectivity index (χ0v) is 24.0. The van der Waals surface area contributed by atoms with Crippen LogP contribution < -0.4 is 4.74 Å². The minimum absolute atomic E-state index is 0.0436. The molecule has 0 aliphatic carbocycles. The fourth-order valence-electron chi connectivity index (χ4n) is 5.15. The highest BCUT2D eigenvalue weighted by Gasteiger charge is 2.42. The lowest BCUT2D eigenvalue weighted by Gasteiger charge is -2.30. The fourth-order valence-corrected chi connectivity index (χ4v) is 5.15. The largest absolute Gasteiger partial charge is 0.432 e. The van der Waals surface area contributed by atoms with Crippen LogP contribution in [0.4, 0.5) is 35.1 Å². The van der Waals surface area contributed by atoms with Crippen molar-refractivity contribution in [2.45, 2.75) is 45.0 Å². The van der Waals surface area contributed by atoms with E-state index in [1.807, 2.05) is 0 Å². The van der Waals surface area contributed by atoms with Crippen LogP contribution in [-0.2, 0) is 15.6 Å². The van der Waals surface area contributed by atoms with Crippen LogP contribution in [0, 0.1) is 40.8 Å². The van der Waals surface area contributed by atoms with Crippen LogP contribution >= 0.6 is 0 Å². The Morgan fingerprint density at radius 2 is 1.29 bits per heavy atom. The number of benzene rings is 4. The lowest BCUT2D eigenvalue weighted by atomic mass is 9.99. The van der Waals surface area contributed by atoms with Gasteiger partial charge in [-0.1, -0.05) is 50.5 Å². The molecule has 0 saturated carbocycles. The molecule has 3 nitrogen and oxygen atoms in total. The van der Waals surface area contributed by atoms with Crippen molar-refractivity contribution in [3.8, 4) is 28.0 Å². The van der Waals surface area contributed by atoms with Gasteiger partial charge in [-0.3, -0.25) is 0 Å². The van der Waals surface area contributed by atoms with Crippen molar-refractivity contribution in [3.63, 3.8) is 0 Å². The SMILES string of the molecule is CCCCCC1COC(c2cc(F)c(C(F)(F)Oc3ccc(-c4ccc(-c5cc(F)c(F)c(F)c5)cc4)c(F)c3)c(F)c2)OC1. The molecular formula is C34H28F8O3. The summed E-state index contributed by atoms with van der Waals surface area (Å²) in [4.78, 5) is 0. The third kappa shape index (κ3) is 7.31. The molecule has 1 saturated heterocycles. The first-order valence-corrected chi connectivity index (χ1v) is 14.3. The van der Waals surface area contributed by atoms with E-state index in [1.54, 1.807) is 0 Å². The van der Waals surface area contributed by atoms with E-state index in [4.69, 9.17) is 9.47 Å². The van der Waals surface area contributed by atoms with Gasteiger partial charge in [0.1, 0.15) is 28.8 Å². The van der Waals surface area contributed by atoms with Gasteiger partial charge < -0.3 is 14.2 Å². The Kier molecular flexibility index (Phi) is 9.79. The fraction of sp³-hybridized carbons (Fsp3) is 0.294. The van der Waals surface area contributed by atoms with Gasteiger partial charge in [0.2, 0.25) is 0 Å². The van der Waals surface area contributed by atoms with Gasteiger partial charge >= 0.3 is 6.11 Å². The first kappa shape index (κ1) is 32.4. The Hall–Kier alpha value is -3.96. The summed E-state index contributed by atoms with van der Waals surface area (Å²) in [5.41, 5.74) is -1.19. The number of hydrogen-bond acceptors (Lipinski definition) is 3. The second-order valence-electron chi connectivity index (χ2n) is 10.8. The molecule has 0 atom stereocenters. The third-order valence-electron chi connectivity index (χ3n) is 7.51. The molecular weight excluding hydrogens is 608 g/mol. The summed E-state index contributed by atoms with van der Waals surface area (Å²) in [5, 5.41) is 0. The highest BCUT2D eigenvalue weighted by atomic mass is 19.3. The van der Waals surface area contributed by atoms with Crippen LogP contribution in [0.3, 0.4) is 0 Å². The second-order valence-corrected chi connectivity index (χ2v) is 10.8. The van der Waals surface area contributed by atoms with Crippen molar-refractivity contribution in [1.82, 2.24) is 0 Å². The normalized spacial score (nSPS) is 17.0. The number of halogens is 8. The second kappa shape index (κ2) is 13.6. The first-order valence-electron chi connectivity index (χ1n) is 14.3. The minimum Gasteiger partial charge on any atom is -0.429 e. The van der Waals surface area contributed by atoms with Crippen LogP contribution in [0.5, 0.6) is 5.75 Å². The molecule has 4 aromatic carbocycles. The first-order chi connectivity index (χ1) is 21.5. The van der Waals surface area contributed by atoms with Crippen molar-refractivity contribution in [3.05, 3.63) is 113 Å². The lowest BCUT2D eigenvalue weighted by molar-refractivity contribution is -0.206. The Balaban J connectivity index is 1.28. The van der Waals surface area contributed by atoms with Gasteiger partial charge in [-0.05, 0) is 59.5 Å². The molecule has 0 spiro atoms. The van der Waals surface area contributed by atoms with E-state index < -0.39 is 58.6 Å². The average Bonchev–Trinajstić information content (AvgIpc) is 2.99. The number of hydrogen-bond donors (Lipinski definition) is 0. The van der Waals surface area contributed by atoms with Crippen molar-refractivity contribution < 1.29 is 49.3 Å². The van der Waals surface area contributed by atoms with E-state index in [-0.39, 0.29) is 28.2 Å². The number of rotatable bonds is 10. The molecule has 0 bridgehead atoms. The molecule has 5 rings (SSSR count). The van der Waals surface area contributed by atoms with E-state index in [0.717, 1.165) is 49.9 Å². The summed E-state index contributed by atoms with van der Waals surface area (Å²) in [6.07, 6.45) is -1.64. The van der Waals surface area contributed by atoms with Crippen LogP contribution in [0.25, 0.3) is 22.3 Å². The summed E-state index contributed by atoms with van der Waals surface area (Å²) in [5.74, 6) is -9.11. The molecule has 1 fully saturated rings. The maximum Gasteiger partial charge on any atom is 0.432 e. The molecule has 0 amide bonds. The molecule has 238 valence electrons. The molecule has 1 heterocycles. The molecule has 0 N–H and O–H groups in total. The Morgan fingerprint density at radius 1 is 0.689 bits per heavy atom. The maximum absolute atomic E-state index is 15.0. The molecule has 0 unspecified atom stereocenters. The monoisotopic (exact) mass is 636 g/mol. The zero-order chi connectivity index (χ0) is 32.3. The van der Waals surface area contributed by atoms with E-state index in [2.05, 4.69) is 11.7 Å². The van der Waals surface area contributed by atoms with E-state index in [9.17, 15) is 26.3 Å². The van der Waals surface area contributed by atoms with Gasteiger partial charge in [-0.2, -0.15) is 8.78 Å². The average molecular weight is 637 g/mol. The Labute approximate surface area is 254 Å². The van der Waals surface area contributed by atoms with E-state index in [0.29, 0.717) is 37.0 Å². The Morgan fingerprint density at radius 3 is 1.87 bits per heavy atom. The van der Waals surface area contributed by atoms with Crippen LogP contribution in [0.1, 0.15) is 50.0 Å². The molecule has 1 aliphatic rings. The molecule has 4 aromatic rings. The van der Waals surface area contributed by atoms with E-state index in [1.165, 1.54) is 24.3 Å². The highest BCUT2D eigenvalue weighted by molar-refractivity contribution is 5.71. The molecule has 1 aliphatic heterocycles. The van der Waals surface area contributed by atoms with Gasteiger partial charge in [-0.25, -0.2) is 26.3 Å². The van der Waals surface area contributed by atoms with E-state index >= 15 is 8.78 Å². The number of alkyl halides is 2. The van der Waals surface area contributed by atoms with Gasteiger partial charge in [0, 0.05) is 23.1 Å². The smallest absolute Gasteiger partial charge is 0.429 e. The summed E-state index contributed by atoms with van der Waals surface area (Å²) in [6.45, 7) is 2.69. The zero-order valence-electron chi connectivity index (χ0n) is 24.0. The predicted molar refractivity (Wildman–Crippen MR) is 150 cm³/mol. The summed E-state index contributed by atoms with van der Waals surface area (Å²) < 4.78 is 131. The summed E-state index contributed by atoms with van der Waals surface area (Å²) in [7, 11) is 0. The number of ether oxygens (including phenoxy) is 3. The molecule has 11 heteroatoms. The lowest BCUT2D eigenvalue weighted by Crippen LogP contribution is -2.28. The van der Waals surface area contributed by atoms with Gasteiger partial charge in [0.25, 0.3) is 0 Å². The van der Waals surface area contributed by atoms with Crippen molar-refractivity contribution in [2.24, 2.45) is 5.92 Å².